The van der Waals surface area contributed by atoms with Crippen LogP contribution in [0.3, 0.4) is 0 Å². The first kappa shape index (κ1) is 22.9. The molecule has 2 aromatic carbocycles. The molecule has 0 bridgehead atoms. The molecule has 2 heterocycles. The van der Waals surface area contributed by atoms with E-state index in [0.717, 1.165) is 41.7 Å². The number of rotatable bonds is 6. The van der Waals surface area contributed by atoms with Gasteiger partial charge >= 0.3 is 7.12 Å². The maximum absolute atomic E-state index is 13.1. The van der Waals surface area contributed by atoms with Gasteiger partial charge in [0.2, 0.25) is 5.91 Å². The minimum atomic E-state index is -0.470. The molecule has 1 unspecified atom stereocenters. The molecule has 6 heteroatoms. The molecule has 170 valence electrons. The van der Waals surface area contributed by atoms with E-state index in [-0.39, 0.29) is 5.91 Å². The lowest BCUT2D eigenvalue weighted by molar-refractivity contribution is -0.131. The van der Waals surface area contributed by atoms with Crippen molar-refractivity contribution in [2.45, 2.75) is 77.7 Å². The topological polar surface area (TPSA) is 48.0 Å². The molecule has 2 aliphatic rings. The molecule has 0 aromatic heterocycles. The second-order valence-electron chi connectivity index (χ2n) is 9.98. The predicted octanol–water partition coefficient (Wildman–Crippen LogP) is 4.12. The van der Waals surface area contributed by atoms with Crippen LogP contribution >= 0.6 is 0 Å². The fourth-order valence-electron chi connectivity index (χ4n) is 4.31. The van der Waals surface area contributed by atoms with Gasteiger partial charge in [-0.05, 0) is 64.6 Å². The summed E-state index contributed by atoms with van der Waals surface area (Å²) in [5, 5.41) is 0. The van der Waals surface area contributed by atoms with E-state index in [4.69, 9.17) is 14.0 Å². The molecule has 0 radical (unpaired) electrons. The summed E-state index contributed by atoms with van der Waals surface area (Å²) >= 11 is 0. The molecule has 4 rings (SSSR count). The number of nitrogens with zero attached hydrogens (tertiary/aromatic N) is 1. The Balaban J connectivity index is 1.58. The summed E-state index contributed by atoms with van der Waals surface area (Å²) in [7, 11) is -0.470. The smallest absolute Gasteiger partial charge is 0.489 e. The first-order chi connectivity index (χ1) is 15.2. The van der Waals surface area contributed by atoms with Crippen LogP contribution in [0.5, 0.6) is 5.75 Å². The van der Waals surface area contributed by atoms with Crippen molar-refractivity contribution in [3.63, 3.8) is 0 Å². The zero-order valence-corrected chi connectivity index (χ0v) is 19.9. The summed E-state index contributed by atoms with van der Waals surface area (Å²) < 4.78 is 18.6. The van der Waals surface area contributed by atoms with Crippen molar-refractivity contribution in [3.05, 3.63) is 59.7 Å². The van der Waals surface area contributed by atoms with Gasteiger partial charge in [-0.1, -0.05) is 42.5 Å². The molecular weight excluding hydrogens is 401 g/mol. The molecule has 0 spiro atoms. The van der Waals surface area contributed by atoms with Gasteiger partial charge in [0.25, 0.3) is 0 Å². The Hall–Kier alpha value is -2.31. The predicted molar refractivity (Wildman–Crippen MR) is 127 cm³/mol. The van der Waals surface area contributed by atoms with Gasteiger partial charge < -0.3 is 18.9 Å². The third kappa shape index (κ3) is 4.72. The number of carbonyl (C=O) groups excluding carboxylic acids is 1. The van der Waals surface area contributed by atoms with Crippen molar-refractivity contribution in [2.75, 3.05) is 6.54 Å². The fourth-order valence-corrected chi connectivity index (χ4v) is 4.31. The maximum Gasteiger partial charge on any atom is 0.494 e. The largest absolute Gasteiger partial charge is 0.494 e. The van der Waals surface area contributed by atoms with Crippen molar-refractivity contribution < 1.29 is 18.8 Å². The fraction of sp³-hybridized carbons (Fsp3) is 0.500. The summed E-state index contributed by atoms with van der Waals surface area (Å²) in [5.41, 5.74) is 2.04. The van der Waals surface area contributed by atoms with Crippen LogP contribution < -0.4 is 10.2 Å². The zero-order valence-electron chi connectivity index (χ0n) is 19.9. The highest BCUT2D eigenvalue weighted by atomic mass is 16.7. The van der Waals surface area contributed by atoms with Crippen LogP contribution in [-0.4, -0.2) is 41.7 Å². The quantitative estimate of drug-likeness (QED) is 0.641. The number of carbonyl (C=O) groups is 1. The van der Waals surface area contributed by atoms with Crippen LogP contribution in [0.25, 0.3) is 0 Å². The van der Waals surface area contributed by atoms with E-state index in [1.807, 2.05) is 81.1 Å². The highest BCUT2D eigenvalue weighted by molar-refractivity contribution is 6.62. The third-order valence-corrected chi connectivity index (χ3v) is 7.06. The Morgan fingerprint density at radius 1 is 1.09 bits per heavy atom. The van der Waals surface area contributed by atoms with Crippen molar-refractivity contribution in [1.82, 2.24) is 4.90 Å². The van der Waals surface area contributed by atoms with Crippen LogP contribution in [0.1, 0.15) is 58.6 Å². The van der Waals surface area contributed by atoms with E-state index in [0.29, 0.717) is 19.1 Å². The van der Waals surface area contributed by atoms with Gasteiger partial charge in [-0.2, -0.15) is 0 Å². The van der Waals surface area contributed by atoms with Gasteiger partial charge in [-0.25, -0.2) is 0 Å². The number of likely N-dealkylation sites (tertiary alicyclic amines) is 1. The molecule has 2 aromatic rings. The van der Waals surface area contributed by atoms with E-state index in [1.54, 1.807) is 0 Å². The second-order valence-corrected chi connectivity index (χ2v) is 9.98. The molecule has 2 saturated heterocycles. The first-order valence-corrected chi connectivity index (χ1v) is 11.6. The molecule has 0 saturated carbocycles. The lowest BCUT2D eigenvalue weighted by atomic mass is 9.78. The van der Waals surface area contributed by atoms with Crippen LogP contribution in [0.2, 0.25) is 0 Å². The van der Waals surface area contributed by atoms with Gasteiger partial charge in [0.1, 0.15) is 12.4 Å². The Bertz CT molecular complexity index is 944. The molecule has 2 fully saturated rings. The van der Waals surface area contributed by atoms with Gasteiger partial charge in [-0.15, -0.1) is 0 Å². The van der Waals surface area contributed by atoms with Crippen LogP contribution in [0, 0.1) is 0 Å². The number of ether oxygens (including phenoxy) is 1. The normalized spacial score (nSPS) is 21.7. The SMILES string of the molecule is CC1CCCN1C(=O)Cc1cc(B2OC(C)(C)C(C)(C)O2)ccc1OCc1ccccc1. The highest BCUT2D eigenvalue weighted by Crippen LogP contribution is 2.37. The average Bonchev–Trinajstić information content (AvgIpc) is 3.27. The number of hydrogen-bond donors (Lipinski definition) is 0. The summed E-state index contributed by atoms with van der Waals surface area (Å²) in [6, 6.07) is 16.3. The second kappa shape index (κ2) is 8.91. The number of benzene rings is 2. The molecule has 0 aliphatic carbocycles. The minimum absolute atomic E-state index is 0.144. The van der Waals surface area contributed by atoms with E-state index in [2.05, 4.69) is 6.92 Å². The van der Waals surface area contributed by atoms with E-state index in [1.165, 1.54) is 0 Å². The van der Waals surface area contributed by atoms with Crippen molar-refractivity contribution in [2.24, 2.45) is 0 Å². The molecule has 0 N–H and O–H groups in total. The Kier molecular flexibility index (Phi) is 6.37. The molecular formula is C26H34BNO4. The lowest BCUT2D eigenvalue weighted by Gasteiger charge is -2.32. The summed E-state index contributed by atoms with van der Waals surface area (Å²) in [5.74, 6) is 0.875. The molecule has 5 nitrogen and oxygen atoms in total. The molecule has 32 heavy (non-hydrogen) atoms. The van der Waals surface area contributed by atoms with E-state index < -0.39 is 18.3 Å². The highest BCUT2D eigenvalue weighted by Gasteiger charge is 2.51. The summed E-state index contributed by atoms with van der Waals surface area (Å²) in [6.07, 6.45) is 2.44. The van der Waals surface area contributed by atoms with E-state index in [9.17, 15) is 4.79 Å². The van der Waals surface area contributed by atoms with Gasteiger partial charge in [0, 0.05) is 18.2 Å². The molecule has 1 atom stereocenters. The Morgan fingerprint density at radius 2 is 1.78 bits per heavy atom. The lowest BCUT2D eigenvalue weighted by Crippen LogP contribution is -2.41. The minimum Gasteiger partial charge on any atom is -0.489 e. The third-order valence-electron chi connectivity index (χ3n) is 7.06. The zero-order chi connectivity index (χ0) is 22.9. The van der Waals surface area contributed by atoms with Gasteiger partial charge in [0.05, 0.1) is 17.6 Å². The number of hydrogen-bond acceptors (Lipinski definition) is 4. The molecule has 1 amide bonds. The van der Waals surface area contributed by atoms with Crippen LogP contribution in [0.15, 0.2) is 48.5 Å². The van der Waals surface area contributed by atoms with E-state index >= 15 is 0 Å². The Morgan fingerprint density at radius 3 is 2.41 bits per heavy atom. The molecule has 2 aliphatic heterocycles. The Labute approximate surface area is 192 Å². The van der Waals surface area contributed by atoms with Crippen molar-refractivity contribution >= 4 is 18.5 Å². The van der Waals surface area contributed by atoms with Crippen molar-refractivity contribution in [3.8, 4) is 5.75 Å². The summed E-state index contributed by atoms with van der Waals surface area (Å²) in [6.45, 7) is 11.6. The summed E-state index contributed by atoms with van der Waals surface area (Å²) in [4.78, 5) is 15.1. The standard InChI is InChI=1S/C26H34BNO4/c1-19-10-9-15-28(19)24(29)17-21-16-22(27-31-25(2,3)26(4,5)32-27)13-14-23(21)30-18-20-11-7-6-8-12-20/h6-8,11-14,16,19H,9-10,15,17-18H2,1-5H3. The van der Waals surface area contributed by atoms with Crippen LogP contribution in [0.4, 0.5) is 0 Å². The maximum atomic E-state index is 13.1. The van der Waals surface area contributed by atoms with Crippen molar-refractivity contribution in [1.29, 1.82) is 0 Å². The monoisotopic (exact) mass is 435 g/mol. The van der Waals surface area contributed by atoms with Crippen LogP contribution in [-0.2, 0) is 27.1 Å². The number of amides is 1. The average molecular weight is 435 g/mol. The van der Waals surface area contributed by atoms with Gasteiger partial charge in [-0.3, -0.25) is 4.79 Å². The van der Waals surface area contributed by atoms with Gasteiger partial charge in [0.15, 0.2) is 0 Å². The first-order valence-electron chi connectivity index (χ1n) is 11.6.